The van der Waals surface area contributed by atoms with Gasteiger partial charge in [-0.25, -0.2) is 9.36 Å². The van der Waals surface area contributed by atoms with Crippen molar-refractivity contribution in [3.63, 3.8) is 0 Å². The Balaban J connectivity index is 2.01. The van der Waals surface area contributed by atoms with Crippen molar-refractivity contribution in [3.8, 4) is 17.2 Å². The fourth-order valence-corrected chi connectivity index (χ4v) is 3.53. The van der Waals surface area contributed by atoms with Gasteiger partial charge in [-0.1, -0.05) is 42.0 Å². The Labute approximate surface area is 173 Å². The molecule has 0 saturated carbocycles. The van der Waals surface area contributed by atoms with Crippen molar-refractivity contribution in [2.24, 2.45) is 0 Å². The van der Waals surface area contributed by atoms with Gasteiger partial charge in [-0.15, -0.1) is 0 Å². The van der Waals surface area contributed by atoms with Crippen LogP contribution in [0.2, 0.25) is 0 Å². The summed E-state index contributed by atoms with van der Waals surface area (Å²) in [5.74, 6) is 0.954. The molecule has 0 atom stereocenters. The second-order valence-electron chi connectivity index (χ2n) is 7.05. The Hall–Kier alpha value is -3.80. The minimum Gasteiger partial charge on any atom is -0.497 e. The lowest BCUT2D eigenvalue weighted by Gasteiger charge is -2.16. The molecule has 0 bridgehead atoms. The first kappa shape index (κ1) is 19.5. The van der Waals surface area contributed by atoms with Crippen LogP contribution in [-0.4, -0.2) is 23.4 Å². The maximum atomic E-state index is 13.5. The molecule has 0 amide bonds. The minimum absolute atomic E-state index is 0.346. The maximum Gasteiger partial charge on any atom is 0.336 e. The maximum absolute atomic E-state index is 13.5. The van der Waals surface area contributed by atoms with Crippen molar-refractivity contribution in [2.45, 2.75) is 13.5 Å². The largest absolute Gasteiger partial charge is 0.497 e. The fraction of sp³-hybridized carbons (Fsp3) is 0.167. The summed E-state index contributed by atoms with van der Waals surface area (Å²) in [6.45, 7) is 2.36. The molecule has 3 aromatic carbocycles. The third-order valence-corrected chi connectivity index (χ3v) is 5.14. The first-order valence-electron chi connectivity index (χ1n) is 9.56. The van der Waals surface area contributed by atoms with Crippen LogP contribution >= 0.6 is 0 Å². The topological polar surface area (TPSA) is 62.5 Å². The lowest BCUT2D eigenvalue weighted by Crippen LogP contribution is -2.39. The molecular weight excluding hydrogens is 380 g/mol. The van der Waals surface area contributed by atoms with Crippen LogP contribution in [0, 0.1) is 6.92 Å². The number of hydrogen-bond donors (Lipinski definition) is 0. The SMILES string of the molecule is COc1ccc(-n2c(=O)c3ccccc3n(Cc3ccc(C)cc3)c2=O)c(OC)c1. The molecule has 0 radical (unpaired) electrons. The number of benzene rings is 3. The van der Waals surface area contributed by atoms with Gasteiger partial charge in [0.25, 0.3) is 5.56 Å². The summed E-state index contributed by atoms with van der Waals surface area (Å²) in [4.78, 5) is 26.8. The monoisotopic (exact) mass is 402 g/mol. The van der Waals surface area contributed by atoms with Crippen LogP contribution in [0.15, 0.2) is 76.3 Å². The van der Waals surface area contributed by atoms with E-state index in [-0.39, 0.29) is 5.56 Å². The van der Waals surface area contributed by atoms with E-state index < -0.39 is 5.69 Å². The quantitative estimate of drug-likeness (QED) is 0.512. The molecule has 4 aromatic rings. The van der Waals surface area contributed by atoms with Gasteiger partial charge in [-0.2, -0.15) is 0 Å². The first-order chi connectivity index (χ1) is 14.5. The average Bonchev–Trinajstić information content (AvgIpc) is 2.78. The zero-order valence-electron chi connectivity index (χ0n) is 17.1. The highest BCUT2D eigenvalue weighted by atomic mass is 16.5. The van der Waals surface area contributed by atoms with Crippen molar-refractivity contribution in [3.05, 3.63) is 98.7 Å². The van der Waals surface area contributed by atoms with Gasteiger partial charge < -0.3 is 9.47 Å². The second kappa shape index (κ2) is 7.91. The van der Waals surface area contributed by atoms with E-state index >= 15 is 0 Å². The summed E-state index contributed by atoms with van der Waals surface area (Å²) in [6.07, 6.45) is 0. The van der Waals surface area contributed by atoms with Crippen molar-refractivity contribution < 1.29 is 9.47 Å². The number of nitrogens with zero attached hydrogens (tertiary/aromatic N) is 2. The van der Waals surface area contributed by atoms with E-state index in [1.54, 1.807) is 48.1 Å². The van der Waals surface area contributed by atoms with Crippen LogP contribution in [0.5, 0.6) is 11.5 Å². The normalized spacial score (nSPS) is 10.9. The summed E-state index contributed by atoms with van der Waals surface area (Å²) in [5, 5.41) is 0.460. The summed E-state index contributed by atoms with van der Waals surface area (Å²) < 4.78 is 13.5. The van der Waals surface area contributed by atoms with Crippen LogP contribution in [0.3, 0.4) is 0 Å². The molecule has 0 fully saturated rings. The molecule has 0 aliphatic heterocycles. The van der Waals surface area contributed by atoms with E-state index in [9.17, 15) is 9.59 Å². The lowest BCUT2D eigenvalue weighted by molar-refractivity contribution is 0.392. The van der Waals surface area contributed by atoms with E-state index in [4.69, 9.17) is 9.47 Å². The molecule has 0 unspecified atom stereocenters. The van der Waals surface area contributed by atoms with Gasteiger partial charge in [0.1, 0.15) is 11.5 Å². The van der Waals surface area contributed by atoms with E-state index in [1.807, 2.05) is 37.3 Å². The molecule has 0 aliphatic rings. The van der Waals surface area contributed by atoms with Crippen molar-refractivity contribution >= 4 is 10.9 Å². The van der Waals surface area contributed by atoms with Crippen LogP contribution in [-0.2, 0) is 6.54 Å². The molecule has 6 nitrogen and oxygen atoms in total. The standard InChI is InChI=1S/C24H22N2O4/c1-16-8-10-17(11-9-16)15-25-20-7-5-4-6-19(20)23(27)26(24(25)28)21-13-12-18(29-2)14-22(21)30-3/h4-14H,15H2,1-3H3. The third-order valence-electron chi connectivity index (χ3n) is 5.14. The molecule has 0 spiro atoms. The molecule has 1 aromatic heterocycles. The first-order valence-corrected chi connectivity index (χ1v) is 9.56. The van der Waals surface area contributed by atoms with Gasteiger partial charge in [0.05, 0.1) is 37.4 Å². The molecular formula is C24H22N2O4. The summed E-state index contributed by atoms with van der Waals surface area (Å²) in [5.41, 5.74) is 2.26. The summed E-state index contributed by atoms with van der Waals surface area (Å²) in [7, 11) is 3.04. The average molecular weight is 402 g/mol. The van der Waals surface area contributed by atoms with Crippen LogP contribution < -0.4 is 20.7 Å². The summed E-state index contributed by atoms with van der Waals surface area (Å²) in [6, 6.07) is 20.1. The molecule has 30 heavy (non-hydrogen) atoms. The van der Waals surface area contributed by atoms with Gasteiger partial charge >= 0.3 is 5.69 Å². The van der Waals surface area contributed by atoms with Crippen molar-refractivity contribution in [2.75, 3.05) is 14.2 Å². The van der Waals surface area contributed by atoms with Crippen LogP contribution in [0.1, 0.15) is 11.1 Å². The molecule has 0 aliphatic carbocycles. The number of methoxy groups -OCH3 is 2. The van der Waals surface area contributed by atoms with E-state index in [0.29, 0.717) is 34.6 Å². The van der Waals surface area contributed by atoms with Crippen LogP contribution in [0.4, 0.5) is 0 Å². The van der Waals surface area contributed by atoms with Crippen molar-refractivity contribution in [1.29, 1.82) is 0 Å². The molecule has 152 valence electrons. The predicted molar refractivity (Wildman–Crippen MR) is 117 cm³/mol. The zero-order chi connectivity index (χ0) is 21.3. The number of ether oxygens (including phenoxy) is 2. The Kier molecular flexibility index (Phi) is 5.14. The van der Waals surface area contributed by atoms with E-state index in [0.717, 1.165) is 15.7 Å². The highest BCUT2D eigenvalue weighted by Crippen LogP contribution is 2.26. The number of fused-ring (bicyclic) bond motifs is 1. The van der Waals surface area contributed by atoms with Crippen LogP contribution in [0.25, 0.3) is 16.6 Å². The Morgan fingerprint density at radius 1 is 0.867 bits per heavy atom. The molecule has 0 N–H and O–H groups in total. The smallest absolute Gasteiger partial charge is 0.336 e. The second-order valence-corrected chi connectivity index (χ2v) is 7.05. The number of para-hydroxylation sites is 1. The third kappa shape index (κ3) is 3.37. The van der Waals surface area contributed by atoms with Gasteiger partial charge in [-0.05, 0) is 36.8 Å². The Bertz CT molecular complexity index is 1330. The molecule has 6 heteroatoms. The predicted octanol–water partition coefficient (Wildman–Crippen LogP) is 3.53. The number of aromatic nitrogens is 2. The van der Waals surface area contributed by atoms with Crippen molar-refractivity contribution in [1.82, 2.24) is 9.13 Å². The summed E-state index contributed by atoms with van der Waals surface area (Å²) >= 11 is 0. The Morgan fingerprint density at radius 3 is 2.30 bits per heavy atom. The highest BCUT2D eigenvalue weighted by molar-refractivity contribution is 5.78. The highest BCUT2D eigenvalue weighted by Gasteiger charge is 2.18. The number of rotatable bonds is 5. The van der Waals surface area contributed by atoms with Gasteiger partial charge in [0.2, 0.25) is 0 Å². The fourth-order valence-electron chi connectivity index (χ4n) is 3.53. The van der Waals surface area contributed by atoms with Gasteiger partial charge in [-0.3, -0.25) is 9.36 Å². The molecule has 1 heterocycles. The van der Waals surface area contributed by atoms with E-state index in [1.165, 1.54) is 7.11 Å². The van der Waals surface area contributed by atoms with Gasteiger partial charge in [0, 0.05) is 6.07 Å². The molecule has 0 saturated heterocycles. The molecule has 4 rings (SSSR count). The lowest BCUT2D eigenvalue weighted by atomic mass is 10.1. The van der Waals surface area contributed by atoms with E-state index in [2.05, 4.69) is 0 Å². The Morgan fingerprint density at radius 2 is 1.60 bits per heavy atom. The number of hydrogen-bond acceptors (Lipinski definition) is 4. The zero-order valence-corrected chi connectivity index (χ0v) is 17.1. The minimum atomic E-state index is -0.428. The number of aryl methyl sites for hydroxylation is 1. The van der Waals surface area contributed by atoms with Gasteiger partial charge in [0.15, 0.2) is 0 Å².